The predicted octanol–water partition coefficient (Wildman–Crippen LogP) is 3.50. The smallest absolute Gasteiger partial charge is 0.342 e. The van der Waals surface area contributed by atoms with Gasteiger partial charge in [-0.2, -0.15) is 5.10 Å². The molecule has 0 saturated carbocycles. The Hall–Kier alpha value is -2.67. The maximum absolute atomic E-state index is 12.5. The molecule has 2 heterocycles. The Balaban J connectivity index is 1.74. The van der Waals surface area contributed by atoms with Crippen LogP contribution in [-0.2, 0) is 24.3 Å². The van der Waals surface area contributed by atoms with Gasteiger partial charge in [-0.25, -0.2) is 4.79 Å². The lowest BCUT2D eigenvalue weighted by molar-refractivity contribution is 0.0434. The fraction of sp³-hybridized carbons (Fsp3) is 0.333. The van der Waals surface area contributed by atoms with E-state index in [9.17, 15) is 4.79 Å². The molecule has 0 amide bonds. The summed E-state index contributed by atoms with van der Waals surface area (Å²) in [5.74, 6) is 0.312. The summed E-state index contributed by atoms with van der Waals surface area (Å²) in [5, 5.41) is 12.8. The summed E-state index contributed by atoms with van der Waals surface area (Å²) < 4.78 is 12.4. The molecule has 0 radical (unpaired) electrons. The molecule has 0 atom stereocenters. The summed E-state index contributed by atoms with van der Waals surface area (Å²) in [4.78, 5) is 12.5. The molecule has 3 rings (SSSR count). The molecule has 7 nitrogen and oxygen atoms in total. The van der Waals surface area contributed by atoms with Crippen molar-refractivity contribution in [2.45, 2.75) is 40.3 Å². The number of hydrogen-bond donors (Lipinski definition) is 0. The molecule has 0 unspecified atom stereocenters. The zero-order valence-electron chi connectivity index (χ0n) is 14.8. The van der Waals surface area contributed by atoms with Gasteiger partial charge in [-0.3, -0.25) is 4.68 Å². The SMILES string of the molecule is CCc1nnc(COC(=O)c2c(C)nn(Cc3ccccc3Cl)c2C)o1. The summed E-state index contributed by atoms with van der Waals surface area (Å²) in [7, 11) is 0. The summed E-state index contributed by atoms with van der Waals surface area (Å²) in [6, 6.07) is 7.54. The molecule has 0 spiro atoms. The fourth-order valence-electron chi connectivity index (χ4n) is 2.62. The normalized spacial score (nSPS) is 10.9. The highest BCUT2D eigenvalue weighted by molar-refractivity contribution is 6.31. The third-order valence-corrected chi connectivity index (χ3v) is 4.37. The number of ether oxygens (including phenoxy) is 1. The first-order chi connectivity index (χ1) is 12.5. The quantitative estimate of drug-likeness (QED) is 0.614. The van der Waals surface area contributed by atoms with E-state index in [-0.39, 0.29) is 12.5 Å². The minimum atomic E-state index is -0.471. The van der Waals surface area contributed by atoms with Crippen molar-refractivity contribution in [2.75, 3.05) is 0 Å². The first kappa shape index (κ1) is 18.1. The van der Waals surface area contributed by atoms with Crippen molar-refractivity contribution in [3.05, 3.63) is 63.6 Å². The van der Waals surface area contributed by atoms with E-state index in [1.54, 1.807) is 11.6 Å². The maximum atomic E-state index is 12.5. The van der Waals surface area contributed by atoms with Gasteiger partial charge in [0.2, 0.25) is 5.89 Å². The lowest BCUT2D eigenvalue weighted by Gasteiger charge is -2.07. The van der Waals surface area contributed by atoms with Gasteiger partial charge in [0.15, 0.2) is 6.61 Å². The minimum absolute atomic E-state index is 0.0690. The molecule has 0 aliphatic heterocycles. The number of nitrogens with zero attached hydrogens (tertiary/aromatic N) is 4. The van der Waals surface area contributed by atoms with E-state index in [1.165, 1.54) is 0 Å². The van der Waals surface area contributed by atoms with Crippen LogP contribution in [-0.4, -0.2) is 25.9 Å². The standard InChI is InChI=1S/C18H19ClN4O3/c1-4-15-20-21-16(26-15)10-25-18(24)17-11(2)22-23(12(17)3)9-13-7-5-6-8-14(13)19/h5-8H,4,9-10H2,1-3H3. The molecule has 0 aliphatic rings. The number of hydrogen-bond acceptors (Lipinski definition) is 6. The highest BCUT2D eigenvalue weighted by Gasteiger charge is 2.21. The van der Waals surface area contributed by atoms with Gasteiger partial charge in [-0.05, 0) is 25.5 Å². The Labute approximate surface area is 155 Å². The number of carbonyl (C=O) groups excluding carboxylic acids is 1. The Kier molecular flexibility index (Phi) is 5.37. The minimum Gasteiger partial charge on any atom is -0.452 e. The summed E-state index contributed by atoms with van der Waals surface area (Å²) in [6.45, 7) is 5.91. The zero-order chi connectivity index (χ0) is 18.7. The van der Waals surface area contributed by atoms with Crippen LogP contribution in [0.1, 0.15) is 46.0 Å². The number of aromatic nitrogens is 4. The van der Waals surface area contributed by atoms with Crippen LogP contribution in [0.5, 0.6) is 0 Å². The first-order valence-corrected chi connectivity index (χ1v) is 8.63. The van der Waals surface area contributed by atoms with Gasteiger partial charge in [-0.15, -0.1) is 10.2 Å². The maximum Gasteiger partial charge on any atom is 0.342 e. The number of carbonyl (C=O) groups is 1. The van der Waals surface area contributed by atoms with Crippen LogP contribution in [0.2, 0.25) is 5.02 Å². The Morgan fingerprint density at radius 3 is 2.65 bits per heavy atom. The van der Waals surface area contributed by atoms with Crippen LogP contribution >= 0.6 is 11.6 Å². The number of rotatable bonds is 6. The van der Waals surface area contributed by atoms with Gasteiger partial charge in [0.05, 0.1) is 17.9 Å². The number of aryl methyl sites for hydroxylation is 2. The highest BCUT2D eigenvalue weighted by atomic mass is 35.5. The van der Waals surface area contributed by atoms with Gasteiger partial charge in [0, 0.05) is 11.4 Å². The van der Waals surface area contributed by atoms with Gasteiger partial charge < -0.3 is 9.15 Å². The Bertz CT molecular complexity index is 932. The van der Waals surface area contributed by atoms with E-state index in [0.717, 1.165) is 5.56 Å². The van der Waals surface area contributed by atoms with Gasteiger partial charge in [0.25, 0.3) is 5.89 Å². The summed E-state index contributed by atoms with van der Waals surface area (Å²) >= 11 is 6.21. The first-order valence-electron chi connectivity index (χ1n) is 8.25. The lowest BCUT2D eigenvalue weighted by atomic mass is 10.2. The molecular formula is C18H19ClN4O3. The topological polar surface area (TPSA) is 83.0 Å². The van der Waals surface area contributed by atoms with Crippen molar-refractivity contribution in [2.24, 2.45) is 0 Å². The van der Waals surface area contributed by atoms with E-state index in [0.29, 0.717) is 40.8 Å². The molecule has 0 fully saturated rings. The van der Waals surface area contributed by atoms with E-state index in [1.807, 2.05) is 38.1 Å². The highest BCUT2D eigenvalue weighted by Crippen LogP contribution is 2.20. The Morgan fingerprint density at radius 1 is 1.23 bits per heavy atom. The van der Waals surface area contributed by atoms with Crippen LogP contribution < -0.4 is 0 Å². The summed E-state index contributed by atoms with van der Waals surface area (Å²) in [6.07, 6.45) is 0.633. The van der Waals surface area contributed by atoms with Crippen LogP contribution in [0, 0.1) is 13.8 Å². The van der Waals surface area contributed by atoms with Crippen LogP contribution in [0.25, 0.3) is 0 Å². The fourth-order valence-corrected chi connectivity index (χ4v) is 2.82. The van der Waals surface area contributed by atoms with Crippen LogP contribution in [0.15, 0.2) is 28.7 Å². The molecule has 8 heteroatoms. The van der Waals surface area contributed by atoms with Crippen LogP contribution in [0.3, 0.4) is 0 Å². The monoisotopic (exact) mass is 374 g/mol. The van der Waals surface area contributed by atoms with Crippen molar-refractivity contribution in [3.63, 3.8) is 0 Å². The van der Waals surface area contributed by atoms with Gasteiger partial charge in [-0.1, -0.05) is 36.7 Å². The molecule has 0 bridgehead atoms. The second-order valence-corrected chi connectivity index (χ2v) is 6.22. The van der Waals surface area contributed by atoms with Crippen molar-refractivity contribution in [1.82, 2.24) is 20.0 Å². The van der Waals surface area contributed by atoms with Gasteiger partial charge in [0.1, 0.15) is 5.56 Å². The third kappa shape index (κ3) is 3.77. The Morgan fingerprint density at radius 2 is 1.96 bits per heavy atom. The molecule has 0 saturated heterocycles. The number of esters is 1. The van der Waals surface area contributed by atoms with Gasteiger partial charge >= 0.3 is 5.97 Å². The molecule has 26 heavy (non-hydrogen) atoms. The van der Waals surface area contributed by atoms with Crippen molar-refractivity contribution in [3.8, 4) is 0 Å². The van der Waals surface area contributed by atoms with E-state index in [2.05, 4.69) is 15.3 Å². The second-order valence-electron chi connectivity index (χ2n) is 5.81. The molecule has 136 valence electrons. The molecule has 1 aromatic carbocycles. The molecule has 0 N–H and O–H groups in total. The van der Waals surface area contributed by atoms with Crippen LogP contribution in [0.4, 0.5) is 0 Å². The molecule has 2 aromatic heterocycles. The lowest BCUT2D eigenvalue weighted by Crippen LogP contribution is -2.09. The van der Waals surface area contributed by atoms with E-state index < -0.39 is 5.97 Å². The van der Waals surface area contributed by atoms with Crippen molar-refractivity contribution >= 4 is 17.6 Å². The molecule has 0 aliphatic carbocycles. The van der Waals surface area contributed by atoms with E-state index >= 15 is 0 Å². The number of halogens is 1. The average Bonchev–Trinajstić information content (AvgIpc) is 3.19. The number of benzene rings is 1. The summed E-state index contributed by atoms with van der Waals surface area (Å²) in [5.41, 5.74) is 2.68. The molecular weight excluding hydrogens is 356 g/mol. The predicted molar refractivity (Wildman–Crippen MR) is 95.1 cm³/mol. The largest absolute Gasteiger partial charge is 0.452 e. The average molecular weight is 375 g/mol. The zero-order valence-corrected chi connectivity index (χ0v) is 15.6. The van der Waals surface area contributed by atoms with Crippen molar-refractivity contribution < 1.29 is 13.9 Å². The third-order valence-electron chi connectivity index (χ3n) is 4.00. The second kappa shape index (κ2) is 7.70. The van der Waals surface area contributed by atoms with E-state index in [4.69, 9.17) is 20.8 Å². The molecule has 3 aromatic rings. The van der Waals surface area contributed by atoms with Crippen molar-refractivity contribution in [1.29, 1.82) is 0 Å².